The van der Waals surface area contributed by atoms with Gasteiger partial charge in [0.25, 0.3) is 0 Å². The van der Waals surface area contributed by atoms with Crippen LogP contribution in [-0.4, -0.2) is 55.6 Å². The van der Waals surface area contributed by atoms with E-state index >= 15 is 0 Å². The molecule has 136 valence electrons. The zero-order valence-electron chi connectivity index (χ0n) is 15.4. The summed E-state index contributed by atoms with van der Waals surface area (Å²) in [6.45, 7) is 6.17. The van der Waals surface area contributed by atoms with E-state index in [1.54, 1.807) is 0 Å². The van der Waals surface area contributed by atoms with Crippen molar-refractivity contribution in [2.45, 2.75) is 13.3 Å². The van der Waals surface area contributed by atoms with Crippen molar-refractivity contribution >= 4 is 16.8 Å². The molecule has 2 saturated heterocycles. The maximum Gasteiger partial charge on any atom is 0.229 e. The van der Waals surface area contributed by atoms with Gasteiger partial charge in [-0.3, -0.25) is 4.79 Å². The molecule has 2 aliphatic rings. The van der Waals surface area contributed by atoms with Crippen LogP contribution in [0.2, 0.25) is 0 Å². The van der Waals surface area contributed by atoms with Crippen LogP contribution in [0.5, 0.6) is 0 Å². The van der Waals surface area contributed by atoms with Crippen LogP contribution in [0.15, 0.2) is 18.2 Å². The van der Waals surface area contributed by atoms with E-state index in [-0.39, 0.29) is 11.3 Å². The largest absolute Gasteiger partial charge is 0.358 e. The second kappa shape index (κ2) is 6.42. The lowest BCUT2D eigenvalue weighted by Crippen LogP contribution is -2.47. The van der Waals surface area contributed by atoms with E-state index in [4.69, 9.17) is 5.26 Å². The number of benzene rings is 1. The fraction of sp³-hybridized carbons (Fsp3) is 0.500. The van der Waals surface area contributed by atoms with Gasteiger partial charge < -0.3 is 20.5 Å². The average molecular weight is 351 g/mol. The Morgan fingerprint density at radius 3 is 3.15 bits per heavy atom. The number of fused-ring (bicyclic) bond motifs is 2. The molecule has 0 bridgehead atoms. The standard InChI is InChI=1S/C20H25N5O/c1-13-16(17-7-14(8-21)3-4-18(17)24-13)5-6-23-19(26)20-11-22-9-15(20)10-25(2)12-20/h3-4,7,15,22,24H,5-6,9-12H2,1-2H3,(H,23,26)/t15-,20-/m1/s1. The van der Waals surface area contributed by atoms with Gasteiger partial charge in [-0.25, -0.2) is 0 Å². The van der Waals surface area contributed by atoms with Crippen LogP contribution in [-0.2, 0) is 11.2 Å². The van der Waals surface area contributed by atoms with Crippen LogP contribution in [0.1, 0.15) is 16.8 Å². The molecule has 6 nitrogen and oxygen atoms in total. The van der Waals surface area contributed by atoms with E-state index in [9.17, 15) is 4.79 Å². The van der Waals surface area contributed by atoms with Gasteiger partial charge in [0.2, 0.25) is 5.91 Å². The maximum atomic E-state index is 12.9. The van der Waals surface area contributed by atoms with Gasteiger partial charge in [0, 0.05) is 55.2 Å². The number of carbonyl (C=O) groups is 1. The lowest BCUT2D eigenvalue weighted by Gasteiger charge is -2.26. The summed E-state index contributed by atoms with van der Waals surface area (Å²) in [5.74, 6) is 0.576. The molecular weight excluding hydrogens is 326 g/mol. The first kappa shape index (κ1) is 17.1. The highest BCUT2D eigenvalue weighted by atomic mass is 16.2. The SMILES string of the molecule is Cc1[nH]c2ccc(C#N)cc2c1CCNC(=O)[C@@]12CNC[C@@H]1CN(C)C2. The minimum Gasteiger partial charge on any atom is -0.358 e. The normalized spacial score (nSPS) is 25.3. The van der Waals surface area contributed by atoms with Crippen LogP contribution in [0.25, 0.3) is 10.9 Å². The quantitative estimate of drug-likeness (QED) is 0.772. The molecule has 2 fully saturated rings. The van der Waals surface area contributed by atoms with Crippen molar-refractivity contribution in [3.63, 3.8) is 0 Å². The van der Waals surface area contributed by atoms with Crippen molar-refractivity contribution in [2.24, 2.45) is 11.3 Å². The van der Waals surface area contributed by atoms with Gasteiger partial charge in [0.1, 0.15) is 0 Å². The zero-order valence-corrected chi connectivity index (χ0v) is 15.4. The molecular formula is C20H25N5O. The molecule has 0 radical (unpaired) electrons. The van der Waals surface area contributed by atoms with Crippen LogP contribution < -0.4 is 10.6 Å². The minimum absolute atomic E-state index is 0.173. The summed E-state index contributed by atoms with van der Waals surface area (Å²) in [5.41, 5.74) is 3.70. The molecule has 2 atom stereocenters. The molecule has 0 spiro atoms. The van der Waals surface area contributed by atoms with Gasteiger partial charge in [-0.1, -0.05) is 0 Å². The van der Waals surface area contributed by atoms with Crippen molar-refractivity contribution < 1.29 is 4.79 Å². The van der Waals surface area contributed by atoms with Gasteiger partial charge in [0.05, 0.1) is 17.0 Å². The Morgan fingerprint density at radius 1 is 1.50 bits per heavy atom. The molecule has 3 heterocycles. The first-order chi connectivity index (χ1) is 12.5. The number of rotatable bonds is 4. The molecule has 0 aliphatic carbocycles. The number of likely N-dealkylation sites (tertiary alicyclic amines) is 1. The second-order valence-electron chi connectivity index (χ2n) is 7.79. The molecule has 1 amide bonds. The first-order valence-electron chi connectivity index (χ1n) is 9.22. The fourth-order valence-electron chi connectivity index (χ4n) is 4.74. The number of nitrogens with one attached hydrogen (secondary N) is 3. The molecule has 1 aromatic heterocycles. The molecule has 4 rings (SSSR count). The summed E-state index contributed by atoms with van der Waals surface area (Å²) in [7, 11) is 2.09. The van der Waals surface area contributed by atoms with Crippen molar-refractivity contribution in [3.05, 3.63) is 35.0 Å². The highest BCUT2D eigenvalue weighted by molar-refractivity contribution is 5.86. The fourth-order valence-corrected chi connectivity index (χ4v) is 4.74. The highest BCUT2D eigenvalue weighted by Gasteiger charge is 2.53. The number of H-pyrrole nitrogens is 1. The third-order valence-electron chi connectivity index (χ3n) is 6.06. The van der Waals surface area contributed by atoms with Crippen molar-refractivity contribution in [1.29, 1.82) is 5.26 Å². The number of aromatic amines is 1. The third-order valence-corrected chi connectivity index (χ3v) is 6.06. The summed E-state index contributed by atoms with van der Waals surface area (Å²) >= 11 is 0. The number of aromatic nitrogens is 1. The Bertz CT molecular complexity index is 895. The van der Waals surface area contributed by atoms with E-state index in [2.05, 4.69) is 33.6 Å². The number of nitrogens with zero attached hydrogens (tertiary/aromatic N) is 2. The number of aryl methyl sites for hydroxylation is 1. The zero-order chi connectivity index (χ0) is 18.3. The summed E-state index contributed by atoms with van der Waals surface area (Å²) in [6, 6.07) is 7.90. The number of hydrogen-bond donors (Lipinski definition) is 3. The van der Waals surface area contributed by atoms with E-state index in [1.165, 1.54) is 5.56 Å². The van der Waals surface area contributed by atoms with E-state index < -0.39 is 0 Å². The molecule has 6 heteroatoms. The number of hydrogen-bond acceptors (Lipinski definition) is 4. The molecule has 0 saturated carbocycles. The lowest BCUT2D eigenvalue weighted by atomic mass is 9.80. The van der Waals surface area contributed by atoms with Crippen molar-refractivity contribution in [3.8, 4) is 6.07 Å². The Labute approximate surface area is 153 Å². The van der Waals surface area contributed by atoms with Gasteiger partial charge in [-0.15, -0.1) is 0 Å². The Balaban J connectivity index is 1.47. The third kappa shape index (κ3) is 2.68. The summed E-state index contributed by atoms with van der Waals surface area (Å²) in [5, 5.41) is 16.8. The predicted molar refractivity (Wildman–Crippen MR) is 101 cm³/mol. The average Bonchev–Trinajstić information content (AvgIpc) is 3.25. The summed E-state index contributed by atoms with van der Waals surface area (Å²) < 4.78 is 0. The molecule has 26 heavy (non-hydrogen) atoms. The number of carbonyl (C=O) groups excluding carboxylic acids is 1. The van der Waals surface area contributed by atoms with Gasteiger partial charge in [0.15, 0.2) is 0 Å². The van der Waals surface area contributed by atoms with E-state index in [0.29, 0.717) is 18.0 Å². The monoisotopic (exact) mass is 351 g/mol. The molecule has 2 aromatic rings. The smallest absolute Gasteiger partial charge is 0.229 e. The Hall–Kier alpha value is -2.36. The minimum atomic E-state index is -0.280. The van der Waals surface area contributed by atoms with Gasteiger partial charge in [-0.05, 0) is 44.2 Å². The van der Waals surface area contributed by atoms with Crippen LogP contribution in [0, 0.1) is 29.6 Å². The lowest BCUT2D eigenvalue weighted by molar-refractivity contribution is -0.130. The predicted octanol–water partition coefficient (Wildman–Crippen LogP) is 1.16. The van der Waals surface area contributed by atoms with Gasteiger partial charge >= 0.3 is 0 Å². The Kier molecular flexibility index (Phi) is 4.22. The van der Waals surface area contributed by atoms with E-state index in [1.807, 2.05) is 25.1 Å². The first-order valence-corrected chi connectivity index (χ1v) is 9.22. The van der Waals surface area contributed by atoms with Crippen molar-refractivity contribution in [1.82, 2.24) is 20.5 Å². The topological polar surface area (TPSA) is 84.0 Å². The summed E-state index contributed by atoms with van der Waals surface area (Å²) in [6.07, 6.45) is 0.760. The van der Waals surface area contributed by atoms with E-state index in [0.717, 1.165) is 49.2 Å². The van der Waals surface area contributed by atoms with Crippen molar-refractivity contribution in [2.75, 3.05) is 39.8 Å². The second-order valence-corrected chi connectivity index (χ2v) is 7.79. The number of nitriles is 1. The van der Waals surface area contributed by atoms with Gasteiger partial charge in [-0.2, -0.15) is 5.26 Å². The molecule has 2 aliphatic heterocycles. The maximum absolute atomic E-state index is 12.9. The van der Waals surface area contributed by atoms with Crippen LogP contribution in [0.4, 0.5) is 0 Å². The number of amides is 1. The van der Waals surface area contributed by atoms with Crippen LogP contribution in [0.3, 0.4) is 0 Å². The Morgan fingerprint density at radius 2 is 2.35 bits per heavy atom. The molecule has 0 unspecified atom stereocenters. The highest BCUT2D eigenvalue weighted by Crippen LogP contribution is 2.38. The summed E-state index contributed by atoms with van der Waals surface area (Å²) in [4.78, 5) is 18.6. The van der Waals surface area contributed by atoms with Crippen LogP contribution >= 0.6 is 0 Å². The molecule has 3 N–H and O–H groups in total. The molecule has 1 aromatic carbocycles.